The maximum absolute atomic E-state index is 9.08. The number of aryl methyl sites for hydroxylation is 1. The first kappa shape index (κ1) is 10.9. The summed E-state index contributed by atoms with van der Waals surface area (Å²) >= 11 is 0. The van der Waals surface area contributed by atoms with Crippen LogP contribution in [-0.2, 0) is 13.2 Å². The number of pyridine rings is 1. The van der Waals surface area contributed by atoms with Crippen LogP contribution < -0.4 is 10.5 Å². The molecule has 4 nitrogen and oxygen atoms in total. The number of hydrogen-bond acceptors (Lipinski definition) is 4. The predicted octanol–water partition coefficient (Wildman–Crippen LogP) is 0.740. The van der Waals surface area contributed by atoms with Crippen LogP contribution in [-0.4, -0.2) is 16.7 Å². The second-order valence-electron chi connectivity index (χ2n) is 2.97. The molecule has 78 valence electrons. The number of aromatic nitrogens is 1. The Hall–Kier alpha value is -1.13. The smallest absolute Gasteiger partial charge is 0.145 e. The van der Waals surface area contributed by atoms with E-state index in [1.165, 1.54) is 0 Å². The average molecular weight is 196 g/mol. The quantitative estimate of drug-likeness (QED) is 0.745. The van der Waals surface area contributed by atoms with Crippen molar-refractivity contribution in [2.45, 2.75) is 27.0 Å². The van der Waals surface area contributed by atoms with Crippen molar-refractivity contribution in [2.75, 3.05) is 6.61 Å². The van der Waals surface area contributed by atoms with Gasteiger partial charge in [0.25, 0.3) is 0 Å². The summed E-state index contributed by atoms with van der Waals surface area (Å²) in [5, 5.41) is 9.08. The molecule has 1 heterocycles. The van der Waals surface area contributed by atoms with Gasteiger partial charge in [0.2, 0.25) is 0 Å². The first-order valence-corrected chi connectivity index (χ1v) is 4.65. The highest BCUT2D eigenvalue weighted by Gasteiger charge is 2.11. The molecule has 0 aliphatic heterocycles. The zero-order valence-electron chi connectivity index (χ0n) is 8.58. The second-order valence-corrected chi connectivity index (χ2v) is 2.97. The van der Waals surface area contributed by atoms with Crippen LogP contribution in [0.3, 0.4) is 0 Å². The SMILES string of the molecule is CCOc1c(C)ncc(CO)c1CN. The van der Waals surface area contributed by atoms with E-state index in [4.69, 9.17) is 15.6 Å². The van der Waals surface area contributed by atoms with E-state index in [2.05, 4.69) is 4.98 Å². The van der Waals surface area contributed by atoms with Crippen LogP contribution in [0.1, 0.15) is 23.7 Å². The third-order valence-electron chi connectivity index (χ3n) is 2.07. The fourth-order valence-corrected chi connectivity index (χ4v) is 1.37. The molecule has 0 saturated heterocycles. The number of nitrogens with two attached hydrogens (primary N) is 1. The number of nitrogens with zero attached hydrogens (tertiary/aromatic N) is 1. The standard InChI is InChI=1S/C10H16N2O2/c1-3-14-10-7(2)12-5-8(6-13)9(10)4-11/h5,13H,3-4,6,11H2,1-2H3. The van der Waals surface area contributed by atoms with Crippen LogP contribution >= 0.6 is 0 Å². The van der Waals surface area contributed by atoms with Crippen LogP contribution in [0.15, 0.2) is 6.20 Å². The van der Waals surface area contributed by atoms with Crippen molar-refractivity contribution in [3.05, 3.63) is 23.0 Å². The lowest BCUT2D eigenvalue weighted by Gasteiger charge is -2.13. The van der Waals surface area contributed by atoms with Gasteiger partial charge in [-0.25, -0.2) is 0 Å². The molecule has 1 aromatic heterocycles. The molecule has 1 rings (SSSR count). The highest BCUT2D eigenvalue weighted by Crippen LogP contribution is 2.24. The van der Waals surface area contributed by atoms with Crippen molar-refractivity contribution in [2.24, 2.45) is 5.73 Å². The molecule has 1 aromatic rings. The van der Waals surface area contributed by atoms with Gasteiger partial charge in [0.15, 0.2) is 0 Å². The molecule has 0 saturated carbocycles. The van der Waals surface area contributed by atoms with Crippen LogP contribution in [0.4, 0.5) is 0 Å². The largest absolute Gasteiger partial charge is 0.492 e. The summed E-state index contributed by atoms with van der Waals surface area (Å²) in [5.41, 5.74) is 8.00. The zero-order chi connectivity index (χ0) is 10.6. The first-order chi connectivity index (χ1) is 6.74. The Kier molecular flexibility index (Phi) is 3.85. The molecule has 0 unspecified atom stereocenters. The summed E-state index contributed by atoms with van der Waals surface area (Å²) < 4.78 is 5.45. The number of rotatable bonds is 4. The van der Waals surface area contributed by atoms with Crippen molar-refractivity contribution in [3.63, 3.8) is 0 Å². The van der Waals surface area contributed by atoms with Gasteiger partial charge in [-0.3, -0.25) is 4.98 Å². The Labute approximate surface area is 83.7 Å². The van der Waals surface area contributed by atoms with Crippen LogP contribution in [0.25, 0.3) is 0 Å². The summed E-state index contributed by atoms with van der Waals surface area (Å²) in [5.74, 6) is 0.710. The Morgan fingerprint density at radius 3 is 2.79 bits per heavy atom. The van der Waals surface area contributed by atoms with E-state index in [1.807, 2.05) is 13.8 Å². The van der Waals surface area contributed by atoms with Gasteiger partial charge in [-0.05, 0) is 13.8 Å². The minimum Gasteiger partial charge on any atom is -0.492 e. The zero-order valence-corrected chi connectivity index (χ0v) is 8.58. The minimum atomic E-state index is -0.0557. The predicted molar refractivity (Wildman–Crippen MR) is 54.0 cm³/mol. The molecule has 0 bridgehead atoms. The summed E-state index contributed by atoms with van der Waals surface area (Å²) in [6, 6.07) is 0. The molecule has 0 atom stereocenters. The topological polar surface area (TPSA) is 68.4 Å². The monoisotopic (exact) mass is 196 g/mol. The Morgan fingerprint density at radius 1 is 1.57 bits per heavy atom. The van der Waals surface area contributed by atoms with E-state index in [1.54, 1.807) is 6.20 Å². The molecular weight excluding hydrogens is 180 g/mol. The highest BCUT2D eigenvalue weighted by molar-refractivity contribution is 5.41. The first-order valence-electron chi connectivity index (χ1n) is 4.65. The minimum absolute atomic E-state index is 0.0557. The molecule has 0 amide bonds. The van der Waals surface area contributed by atoms with E-state index < -0.39 is 0 Å². The van der Waals surface area contributed by atoms with Crippen molar-refractivity contribution in [1.82, 2.24) is 4.98 Å². The second kappa shape index (κ2) is 4.93. The Morgan fingerprint density at radius 2 is 2.29 bits per heavy atom. The molecule has 0 radical (unpaired) electrons. The molecule has 0 aliphatic rings. The summed E-state index contributed by atoms with van der Waals surface area (Å²) in [6.45, 7) is 4.65. The van der Waals surface area contributed by atoms with E-state index >= 15 is 0 Å². The molecule has 3 N–H and O–H groups in total. The van der Waals surface area contributed by atoms with Gasteiger partial charge in [0, 0.05) is 23.9 Å². The molecule has 0 aliphatic carbocycles. The van der Waals surface area contributed by atoms with Crippen molar-refractivity contribution in [1.29, 1.82) is 0 Å². The molecular formula is C10H16N2O2. The summed E-state index contributed by atoms with van der Waals surface area (Å²) in [4.78, 5) is 4.14. The van der Waals surface area contributed by atoms with Crippen LogP contribution in [0.2, 0.25) is 0 Å². The van der Waals surface area contributed by atoms with Crippen LogP contribution in [0.5, 0.6) is 5.75 Å². The fourth-order valence-electron chi connectivity index (χ4n) is 1.37. The molecule has 0 spiro atoms. The summed E-state index contributed by atoms with van der Waals surface area (Å²) in [7, 11) is 0. The van der Waals surface area contributed by atoms with Crippen molar-refractivity contribution >= 4 is 0 Å². The lowest BCUT2D eigenvalue weighted by Crippen LogP contribution is -2.08. The van der Waals surface area contributed by atoms with E-state index in [0.717, 1.165) is 16.8 Å². The number of aliphatic hydroxyl groups is 1. The summed E-state index contributed by atoms with van der Waals surface area (Å²) in [6.07, 6.45) is 1.64. The Bertz CT molecular complexity index is 313. The molecule has 0 fully saturated rings. The third kappa shape index (κ3) is 2.02. The maximum Gasteiger partial charge on any atom is 0.145 e. The van der Waals surface area contributed by atoms with Gasteiger partial charge in [-0.2, -0.15) is 0 Å². The third-order valence-corrected chi connectivity index (χ3v) is 2.07. The van der Waals surface area contributed by atoms with E-state index in [0.29, 0.717) is 18.9 Å². The molecule has 14 heavy (non-hydrogen) atoms. The molecule has 0 aromatic carbocycles. The van der Waals surface area contributed by atoms with Crippen molar-refractivity contribution in [3.8, 4) is 5.75 Å². The number of ether oxygens (including phenoxy) is 1. The van der Waals surface area contributed by atoms with E-state index in [9.17, 15) is 0 Å². The fraction of sp³-hybridized carbons (Fsp3) is 0.500. The van der Waals surface area contributed by atoms with Gasteiger partial charge >= 0.3 is 0 Å². The van der Waals surface area contributed by atoms with Gasteiger partial charge < -0.3 is 15.6 Å². The normalized spacial score (nSPS) is 10.3. The lowest BCUT2D eigenvalue weighted by atomic mass is 10.1. The lowest BCUT2D eigenvalue weighted by molar-refractivity contribution is 0.277. The maximum atomic E-state index is 9.08. The van der Waals surface area contributed by atoms with Crippen molar-refractivity contribution < 1.29 is 9.84 Å². The van der Waals surface area contributed by atoms with Gasteiger partial charge in [0.1, 0.15) is 5.75 Å². The van der Waals surface area contributed by atoms with Gasteiger partial charge in [0.05, 0.1) is 18.9 Å². The Balaban J connectivity index is 3.20. The number of aliphatic hydroxyl groups excluding tert-OH is 1. The molecule has 4 heteroatoms. The number of hydrogen-bond donors (Lipinski definition) is 2. The van der Waals surface area contributed by atoms with Gasteiger partial charge in [-0.15, -0.1) is 0 Å². The highest BCUT2D eigenvalue weighted by atomic mass is 16.5. The van der Waals surface area contributed by atoms with Gasteiger partial charge in [-0.1, -0.05) is 0 Å². The average Bonchev–Trinajstić information content (AvgIpc) is 2.21. The van der Waals surface area contributed by atoms with E-state index in [-0.39, 0.29) is 6.61 Å². The van der Waals surface area contributed by atoms with Crippen LogP contribution in [0, 0.1) is 6.92 Å².